The second kappa shape index (κ2) is 6.90. The zero-order valence-corrected chi connectivity index (χ0v) is 13.7. The van der Waals surface area contributed by atoms with Gasteiger partial charge in [0.1, 0.15) is 6.54 Å². The lowest BCUT2D eigenvalue weighted by Gasteiger charge is -2.24. The van der Waals surface area contributed by atoms with Gasteiger partial charge in [-0.1, -0.05) is 23.7 Å². The lowest BCUT2D eigenvalue weighted by Crippen LogP contribution is -2.36. The number of carbonyl (C=O) groups is 2. The number of carboxylic acid groups (broad SMARTS) is 2. The van der Waals surface area contributed by atoms with Crippen LogP contribution in [0.2, 0.25) is 5.02 Å². The summed E-state index contributed by atoms with van der Waals surface area (Å²) in [6.07, 6.45) is 0. The zero-order valence-electron chi connectivity index (χ0n) is 12.1. The molecular formula is C15H12ClNO6S. The molecule has 0 aliphatic heterocycles. The summed E-state index contributed by atoms with van der Waals surface area (Å²) < 4.78 is 26.1. The van der Waals surface area contributed by atoms with E-state index in [0.29, 0.717) is 9.33 Å². The molecule has 0 spiro atoms. The number of aliphatic carboxylic acids is 1. The third-order valence-corrected chi connectivity index (χ3v) is 5.11. The summed E-state index contributed by atoms with van der Waals surface area (Å²) in [5, 5.41) is 18.6. The number of halogens is 1. The van der Waals surface area contributed by atoms with Crippen LogP contribution in [0.3, 0.4) is 0 Å². The number of hydrogen-bond acceptors (Lipinski definition) is 4. The van der Waals surface area contributed by atoms with Crippen molar-refractivity contribution in [1.29, 1.82) is 0 Å². The van der Waals surface area contributed by atoms with Crippen LogP contribution in [-0.4, -0.2) is 37.1 Å². The number of nitrogens with zero attached hydrogens (tertiary/aromatic N) is 1. The summed E-state index contributed by atoms with van der Waals surface area (Å²) in [6.45, 7) is -0.921. The normalized spacial score (nSPS) is 11.0. The van der Waals surface area contributed by atoms with E-state index in [-0.39, 0.29) is 16.1 Å². The lowest BCUT2D eigenvalue weighted by atomic mass is 10.2. The Morgan fingerprint density at radius 1 is 1.00 bits per heavy atom. The summed E-state index contributed by atoms with van der Waals surface area (Å²) in [4.78, 5) is 22.3. The van der Waals surface area contributed by atoms with Crippen molar-refractivity contribution in [2.75, 3.05) is 10.8 Å². The monoisotopic (exact) mass is 369 g/mol. The van der Waals surface area contributed by atoms with E-state index < -0.39 is 28.5 Å². The molecule has 126 valence electrons. The minimum absolute atomic E-state index is 0.201. The summed E-state index contributed by atoms with van der Waals surface area (Å²) in [5.41, 5.74) is -0.557. The minimum atomic E-state index is -4.29. The molecule has 0 saturated heterocycles. The Labute approximate surface area is 142 Å². The summed E-state index contributed by atoms with van der Waals surface area (Å²) in [5.74, 6) is -2.79. The SMILES string of the molecule is O=C(O)CN(c1ccccc1C(=O)O)S(=O)(=O)c1ccc(Cl)cc1. The quantitative estimate of drug-likeness (QED) is 0.808. The largest absolute Gasteiger partial charge is 0.480 e. The highest BCUT2D eigenvalue weighted by atomic mass is 35.5. The highest BCUT2D eigenvalue weighted by molar-refractivity contribution is 7.92. The maximum atomic E-state index is 12.8. The van der Waals surface area contributed by atoms with E-state index in [9.17, 15) is 23.1 Å². The maximum absolute atomic E-state index is 12.8. The topological polar surface area (TPSA) is 112 Å². The van der Waals surface area contributed by atoms with Gasteiger partial charge in [0.25, 0.3) is 10.0 Å². The van der Waals surface area contributed by atoms with Crippen molar-refractivity contribution in [2.24, 2.45) is 0 Å². The third kappa shape index (κ3) is 3.66. The van der Waals surface area contributed by atoms with Gasteiger partial charge in [-0.25, -0.2) is 13.2 Å². The van der Waals surface area contributed by atoms with Crippen molar-refractivity contribution in [3.63, 3.8) is 0 Å². The van der Waals surface area contributed by atoms with Crippen molar-refractivity contribution in [1.82, 2.24) is 0 Å². The standard InChI is InChI=1S/C15H12ClNO6S/c16-10-5-7-11(8-6-10)24(22,23)17(9-14(18)19)13-4-2-1-3-12(13)15(20)21/h1-8H,9H2,(H,18,19)(H,20,21). The molecule has 24 heavy (non-hydrogen) atoms. The van der Waals surface area contributed by atoms with E-state index in [2.05, 4.69) is 0 Å². The van der Waals surface area contributed by atoms with Gasteiger partial charge in [-0.3, -0.25) is 9.10 Å². The fourth-order valence-electron chi connectivity index (χ4n) is 2.03. The number of para-hydroxylation sites is 1. The van der Waals surface area contributed by atoms with E-state index in [0.717, 1.165) is 0 Å². The van der Waals surface area contributed by atoms with Crippen LogP contribution in [0.1, 0.15) is 10.4 Å². The average Bonchev–Trinajstić information content (AvgIpc) is 2.52. The Bertz CT molecular complexity index is 879. The molecule has 9 heteroatoms. The minimum Gasteiger partial charge on any atom is -0.480 e. The highest BCUT2D eigenvalue weighted by Crippen LogP contribution is 2.27. The number of sulfonamides is 1. The first-order chi connectivity index (χ1) is 11.2. The first kappa shape index (κ1) is 17.8. The van der Waals surface area contributed by atoms with Crippen molar-refractivity contribution in [3.8, 4) is 0 Å². The number of aromatic carboxylic acids is 1. The molecule has 0 aliphatic rings. The summed E-state index contributed by atoms with van der Waals surface area (Å²) >= 11 is 5.73. The van der Waals surface area contributed by atoms with Crippen LogP contribution >= 0.6 is 11.6 Å². The number of hydrogen-bond donors (Lipinski definition) is 2. The van der Waals surface area contributed by atoms with E-state index in [1.54, 1.807) is 0 Å². The molecule has 0 bridgehead atoms. The molecular weight excluding hydrogens is 358 g/mol. The molecule has 0 saturated carbocycles. The van der Waals surface area contributed by atoms with Gasteiger partial charge in [0.15, 0.2) is 0 Å². The van der Waals surface area contributed by atoms with Gasteiger partial charge in [-0.05, 0) is 36.4 Å². The molecule has 2 aromatic carbocycles. The van der Waals surface area contributed by atoms with Gasteiger partial charge in [-0.15, -0.1) is 0 Å². The molecule has 0 unspecified atom stereocenters. The predicted octanol–water partition coefficient (Wildman–Crippen LogP) is 2.32. The first-order valence-electron chi connectivity index (χ1n) is 6.56. The molecule has 0 aromatic heterocycles. The molecule has 0 atom stereocenters. The average molecular weight is 370 g/mol. The Morgan fingerprint density at radius 2 is 1.58 bits per heavy atom. The van der Waals surface area contributed by atoms with Crippen LogP contribution in [0.25, 0.3) is 0 Å². The van der Waals surface area contributed by atoms with Crippen LogP contribution in [0, 0.1) is 0 Å². The fraction of sp³-hybridized carbons (Fsp3) is 0.0667. The first-order valence-corrected chi connectivity index (χ1v) is 8.37. The van der Waals surface area contributed by atoms with Crippen LogP contribution in [-0.2, 0) is 14.8 Å². The van der Waals surface area contributed by atoms with Crippen LogP contribution in [0.4, 0.5) is 5.69 Å². The van der Waals surface area contributed by atoms with E-state index in [4.69, 9.17) is 16.7 Å². The van der Waals surface area contributed by atoms with Gasteiger partial charge in [0.05, 0.1) is 16.1 Å². The molecule has 0 amide bonds. The van der Waals surface area contributed by atoms with Crippen molar-refractivity contribution < 1.29 is 28.2 Å². The molecule has 2 N–H and O–H groups in total. The molecule has 0 aliphatic carbocycles. The number of anilines is 1. The van der Waals surface area contributed by atoms with E-state index in [1.165, 1.54) is 48.5 Å². The van der Waals surface area contributed by atoms with Crippen LogP contribution in [0.5, 0.6) is 0 Å². The van der Waals surface area contributed by atoms with Gasteiger partial charge < -0.3 is 10.2 Å². The number of benzene rings is 2. The Hall–Kier alpha value is -2.58. The van der Waals surface area contributed by atoms with Crippen molar-refractivity contribution in [2.45, 2.75) is 4.90 Å². The highest BCUT2D eigenvalue weighted by Gasteiger charge is 2.30. The Morgan fingerprint density at radius 3 is 2.12 bits per heavy atom. The number of carboxylic acids is 2. The van der Waals surface area contributed by atoms with Gasteiger partial charge in [0, 0.05) is 5.02 Å². The summed E-state index contributed by atoms with van der Waals surface area (Å²) in [6, 6.07) is 10.4. The zero-order chi connectivity index (χ0) is 17.9. The Balaban J connectivity index is 2.63. The predicted molar refractivity (Wildman–Crippen MR) is 87.0 cm³/mol. The molecule has 2 rings (SSSR count). The molecule has 7 nitrogen and oxygen atoms in total. The van der Waals surface area contributed by atoms with Gasteiger partial charge in [0.2, 0.25) is 0 Å². The molecule has 0 radical (unpaired) electrons. The summed E-state index contributed by atoms with van der Waals surface area (Å²) in [7, 11) is -4.29. The molecule has 0 heterocycles. The smallest absolute Gasteiger partial charge is 0.337 e. The molecule has 2 aromatic rings. The van der Waals surface area contributed by atoms with Crippen molar-refractivity contribution in [3.05, 3.63) is 59.1 Å². The van der Waals surface area contributed by atoms with Gasteiger partial charge in [-0.2, -0.15) is 0 Å². The number of rotatable bonds is 6. The third-order valence-electron chi connectivity index (χ3n) is 3.08. The maximum Gasteiger partial charge on any atom is 0.337 e. The fourth-order valence-corrected chi connectivity index (χ4v) is 3.59. The van der Waals surface area contributed by atoms with Crippen LogP contribution < -0.4 is 4.31 Å². The van der Waals surface area contributed by atoms with Gasteiger partial charge >= 0.3 is 11.9 Å². The second-order valence-corrected chi connectivity index (χ2v) is 6.98. The van der Waals surface area contributed by atoms with Crippen LogP contribution in [0.15, 0.2) is 53.4 Å². The van der Waals surface area contributed by atoms with Crippen molar-refractivity contribution >= 4 is 39.3 Å². The molecule has 0 fully saturated rings. The van der Waals surface area contributed by atoms with E-state index >= 15 is 0 Å². The Kier molecular flexibility index (Phi) is 5.10. The second-order valence-electron chi connectivity index (χ2n) is 4.68. The van der Waals surface area contributed by atoms with E-state index in [1.807, 2.05) is 0 Å². The lowest BCUT2D eigenvalue weighted by molar-refractivity contribution is -0.135.